The van der Waals surface area contributed by atoms with Crippen molar-refractivity contribution in [2.45, 2.75) is 117 Å². The molecule has 36 heavy (non-hydrogen) atoms. The maximum atomic E-state index is 13.4. The van der Waals surface area contributed by atoms with Crippen molar-refractivity contribution in [2.75, 3.05) is 0 Å². The number of aromatic nitrogens is 1. The number of hydrogen-bond acceptors (Lipinski definition) is 8. The average Bonchev–Trinajstić information content (AvgIpc) is 3.24. The lowest BCUT2D eigenvalue weighted by Crippen LogP contribution is -2.46. The molecule has 2 N–H and O–H groups in total. The zero-order valence-corrected chi connectivity index (χ0v) is 23.6. The van der Waals surface area contributed by atoms with Gasteiger partial charge >= 0.3 is 5.97 Å². The fraction of sp³-hybridized carbons (Fsp3) is 0.750. The number of carbonyl (C=O) groups excluding carboxylic acids is 2. The predicted octanol–water partition coefficient (Wildman–Crippen LogP) is 4.87. The Morgan fingerprint density at radius 3 is 2.58 bits per heavy atom. The van der Waals surface area contributed by atoms with E-state index in [4.69, 9.17) is 9.47 Å². The lowest BCUT2D eigenvalue weighted by molar-refractivity contribution is -0.154. The van der Waals surface area contributed by atoms with Gasteiger partial charge < -0.3 is 19.7 Å². The van der Waals surface area contributed by atoms with Crippen LogP contribution in [0.5, 0.6) is 0 Å². The van der Waals surface area contributed by atoms with E-state index in [1.807, 2.05) is 39.2 Å². The molecule has 0 aromatic carbocycles. The van der Waals surface area contributed by atoms with Crippen LogP contribution in [0, 0.1) is 24.2 Å². The van der Waals surface area contributed by atoms with Gasteiger partial charge in [0, 0.05) is 17.7 Å². The molecular formula is C28H43NO6S. The summed E-state index contributed by atoms with van der Waals surface area (Å²) in [5.41, 5.74) is 0.183. The zero-order chi connectivity index (χ0) is 26.8. The molecule has 1 aromatic rings. The maximum Gasteiger partial charge on any atom is 0.309 e. The summed E-state index contributed by atoms with van der Waals surface area (Å²) in [6.45, 7) is 13.1. The first kappa shape index (κ1) is 29.0. The quantitative estimate of drug-likeness (QED) is 0.431. The fourth-order valence-corrected chi connectivity index (χ4v) is 5.86. The summed E-state index contributed by atoms with van der Waals surface area (Å²) < 4.78 is 12.0. The highest BCUT2D eigenvalue weighted by atomic mass is 32.1. The summed E-state index contributed by atoms with van der Waals surface area (Å²) in [6.07, 6.45) is 2.49. The average molecular weight is 522 g/mol. The largest absolute Gasteiger partial charge is 0.458 e. The van der Waals surface area contributed by atoms with Crippen molar-refractivity contribution in [1.82, 2.24) is 4.98 Å². The minimum absolute atomic E-state index is 0.0460. The van der Waals surface area contributed by atoms with Gasteiger partial charge in [-0.05, 0) is 57.6 Å². The summed E-state index contributed by atoms with van der Waals surface area (Å²) in [5, 5.41) is 24.9. The molecule has 7 atom stereocenters. The molecule has 7 nitrogen and oxygen atoms in total. The van der Waals surface area contributed by atoms with Gasteiger partial charge in [-0.15, -0.1) is 11.3 Å². The van der Waals surface area contributed by atoms with Crippen molar-refractivity contribution < 1.29 is 29.3 Å². The van der Waals surface area contributed by atoms with Crippen molar-refractivity contribution >= 4 is 29.2 Å². The maximum absolute atomic E-state index is 13.4. The number of aryl methyl sites for hydroxylation is 1. The third kappa shape index (κ3) is 6.63. The Hall–Kier alpha value is -1.61. The third-order valence-electron chi connectivity index (χ3n) is 8.19. The molecule has 0 amide bonds. The summed E-state index contributed by atoms with van der Waals surface area (Å²) >= 11 is 1.56. The number of aliphatic hydroxyl groups is 2. The van der Waals surface area contributed by atoms with Crippen molar-refractivity contribution in [3.8, 4) is 0 Å². The number of Topliss-reactive ketones (excluding diaryl/α,β-unsaturated/α-hetero) is 1. The van der Waals surface area contributed by atoms with E-state index in [2.05, 4.69) is 11.9 Å². The normalized spacial score (nSPS) is 36.8. The smallest absolute Gasteiger partial charge is 0.309 e. The monoisotopic (exact) mass is 521 g/mol. The minimum Gasteiger partial charge on any atom is -0.458 e. The molecule has 2 aliphatic rings. The Bertz CT molecular complexity index is 971. The van der Waals surface area contributed by atoms with Gasteiger partial charge in [-0.1, -0.05) is 34.1 Å². The minimum atomic E-state index is -1.23. The molecule has 1 aromatic heterocycles. The van der Waals surface area contributed by atoms with E-state index in [1.165, 1.54) is 0 Å². The molecule has 2 aliphatic heterocycles. The Balaban J connectivity index is 1.87. The van der Waals surface area contributed by atoms with Gasteiger partial charge in [0.1, 0.15) is 11.9 Å². The second-order valence-electron chi connectivity index (χ2n) is 11.5. The lowest BCUT2D eigenvalue weighted by Gasteiger charge is -2.35. The number of hydrogen-bond donors (Lipinski definition) is 2. The molecule has 0 saturated carbocycles. The van der Waals surface area contributed by atoms with Gasteiger partial charge in [0.2, 0.25) is 0 Å². The van der Waals surface area contributed by atoms with Crippen LogP contribution >= 0.6 is 11.3 Å². The van der Waals surface area contributed by atoms with Crippen LogP contribution in [0.2, 0.25) is 0 Å². The SMILES string of the molecule is CC[C@H]1C(=O)C(C)(C)[C@@H](O)CC(=O)O[C@H](C(C)=Cc2csc(C)n2)C[C@@H]2OC2(C)CCC[C@H](C)[C@@H]1O. The summed E-state index contributed by atoms with van der Waals surface area (Å²) in [7, 11) is 0. The van der Waals surface area contributed by atoms with E-state index in [-0.39, 0.29) is 29.8 Å². The highest BCUT2D eigenvalue weighted by Crippen LogP contribution is 2.45. The number of rotatable bonds is 3. The van der Waals surface area contributed by atoms with E-state index in [9.17, 15) is 19.8 Å². The van der Waals surface area contributed by atoms with Crippen LogP contribution in [0.3, 0.4) is 0 Å². The van der Waals surface area contributed by atoms with E-state index < -0.39 is 35.6 Å². The lowest BCUT2D eigenvalue weighted by atomic mass is 9.71. The van der Waals surface area contributed by atoms with Crippen LogP contribution in [0.25, 0.3) is 6.08 Å². The van der Waals surface area contributed by atoms with Crippen LogP contribution in [0.1, 0.15) is 90.8 Å². The van der Waals surface area contributed by atoms with E-state index in [1.54, 1.807) is 25.2 Å². The van der Waals surface area contributed by atoms with Gasteiger partial charge in [-0.2, -0.15) is 0 Å². The van der Waals surface area contributed by atoms with Crippen molar-refractivity contribution in [1.29, 1.82) is 0 Å². The van der Waals surface area contributed by atoms with Crippen molar-refractivity contribution in [3.05, 3.63) is 21.7 Å². The molecule has 3 heterocycles. The van der Waals surface area contributed by atoms with Crippen LogP contribution in [-0.4, -0.2) is 57.0 Å². The van der Waals surface area contributed by atoms with Crippen LogP contribution < -0.4 is 0 Å². The second kappa shape index (κ2) is 11.4. The van der Waals surface area contributed by atoms with Gasteiger partial charge in [0.15, 0.2) is 0 Å². The molecule has 202 valence electrons. The molecule has 3 rings (SSSR count). The number of fused-ring (bicyclic) bond motifs is 1. The Kier molecular flexibility index (Phi) is 9.18. The van der Waals surface area contributed by atoms with Crippen molar-refractivity contribution in [2.24, 2.45) is 17.3 Å². The third-order valence-corrected chi connectivity index (χ3v) is 8.98. The summed E-state index contributed by atoms with van der Waals surface area (Å²) in [6, 6.07) is 0. The van der Waals surface area contributed by atoms with Crippen LogP contribution in [-0.2, 0) is 19.1 Å². The Morgan fingerprint density at radius 1 is 1.28 bits per heavy atom. The van der Waals surface area contributed by atoms with E-state index in [0.717, 1.165) is 35.5 Å². The second-order valence-corrected chi connectivity index (χ2v) is 12.6. The first-order valence-electron chi connectivity index (χ1n) is 13.2. The predicted molar refractivity (Wildman–Crippen MR) is 140 cm³/mol. The number of epoxide rings is 1. The van der Waals surface area contributed by atoms with E-state index >= 15 is 0 Å². The molecule has 2 saturated heterocycles. The number of carbonyl (C=O) groups is 2. The van der Waals surface area contributed by atoms with Gasteiger partial charge in [-0.25, -0.2) is 4.98 Å². The molecule has 2 fully saturated rings. The standard InChI is InChI=1S/C28H43NO6S/c1-8-20-25(32)16(2)10-9-11-28(7)23(35-28)13-21(17(3)12-19-15-36-18(4)29-19)34-24(31)14-22(30)27(5,6)26(20)33/h12,15-16,20-23,25,30,32H,8-11,13-14H2,1-7H3/t16-,20+,21-,22-,23-,25-,28?/m0/s1. The van der Waals surface area contributed by atoms with E-state index in [0.29, 0.717) is 12.8 Å². The molecular weight excluding hydrogens is 478 g/mol. The number of esters is 1. The molecule has 1 unspecified atom stereocenters. The molecule has 0 spiro atoms. The summed E-state index contributed by atoms with van der Waals surface area (Å²) in [5.74, 6) is -1.45. The zero-order valence-electron chi connectivity index (χ0n) is 22.7. The first-order valence-corrected chi connectivity index (χ1v) is 14.0. The van der Waals surface area contributed by atoms with Gasteiger partial charge in [0.05, 0.1) is 46.5 Å². The molecule has 0 bridgehead atoms. The Morgan fingerprint density at radius 2 is 1.97 bits per heavy atom. The van der Waals surface area contributed by atoms with Gasteiger partial charge in [0.25, 0.3) is 0 Å². The number of cyclic esters (lactones) is 1. The molecule has 8 heteroatoms. The van der Waals surface area contributed by atoms with Crippen LogP contribution in [0.15, 0.2) is 11.0 Å². The summed E-state index contributed by atoms with van der Waals surface area (Å²) in [4.78, 5) is 30.9. The number of ether oxygens (including phenoxy) is 2. The Labute approximate surface area is 219 Å². The molecule has 0 radical (unpaired) electrons. The number of aliphatic hydroxyl groups excluding tert-OH is 2. The number of thiazole rings is 1. The van der Waals surface area contributed by atoms with Crippen LogP contribution in [0.4, 0.5) is 0 Å². The highest BCUT2D eigenvalue weighted by molar-refractivity contribution is 7.09. The number of ketones is 1. The van der Waals surface area contributed by atoms with Gasteiger partial charge in [-0.3, -0.25) is 9.59 Å². The number of nitrogens with zero attached hydrogens (tertiary/aromatic N) is 1. The topological polar surface area (TPSA) is 109 Å². The highest BCUT2D eigenvalue weighted by Gasteiger charge is 2.53. The van der Waals surface area contributed by atoms with Crippen molar-refractivity contribution in [3.63, 3.8) is 0 Å². The molecule has 0 aliphatic carbocycles. The first-order chi connectivity index (χ1) is 16.8. The fourth-order valence-electron chi connectivity index (χ4n) is 5.29.